The van der Waals surface area contributed by atoms with Crippen molar-refractivity contribution < 1.29 is 28.8 Å². The molecule has 0 atom stereocenters. The summed E-state index contributed by atoms with van der Waals surface area (Å²) < 4.78 is 0. The number of ketones is 2. The normalized spacial score (nSPS) is 8.14. The van der Waals surface area contributed by atoms with Crippen molar-refractivity contribution >= 4 is 35.2 Å². The van der Waals surface area contributed by atoms with E-state index in [2.05, 4.69) is 22.5 Å². The fourth-order valence-electron chi connectivity index (χ4n) is 0.732. The first-order chi connectivity index (χ1) is 9.92. The van der Waals surface area contributed by atoms with E-state index in [0.717, 1.165) is 0 Å². The Balaban J connectivity index is -0.000000247. The molecule has 0 rings (SSSR count). The number of carbonyl (C=O) groups excluding carboxylic acids is 6. The summed E-state index contributed by atoms with van der Waals surface area (Å²) in [5.74, 6) is -2.46. The van der Waals surface area contributed by atoms with E-state index in [4.69, 9.17) is 0 Å². The summed E-state index contributed by atoms with van der Waals surface area (Å²) in [5, 5.41) is 2.34. The minimum absolute atomic E-state index is 0.00347. The van der Waals surface area contributed by atoms with Gasteiger partial charge in [0.15, 0.2) is 0 Å². The van der Waals surface area contributed by atoms with Gasteiger partial charge in [-0.05, 0) is 13.8 Å². The molecule has 0 saturated heterocycles. The van der Waals surface area contributed by atoms with E-state index in [9.17, 15) is 28.8 Å². The Morgan fingerprint density at radius 2 is 1.00 bits per heavy atom. The molecular formula is C12H22N4O6. The van der Waals surface area contributed by atoms with Gasteiger partial charge in [-0.1, -0.05) is 0 Å². The molecule has 0 aliphatic carbocycles. The highest BCUT2D eigenvalue weighted by Crippen LogP contribution is 1.78. The second-order valence-corrected chi connectivity index (χ2v) is 4.01. The lowest BCUT2D eigenvalue weighted by Gasteiger charge is -1.91. The Hall–Kier alpha value is -2.78. The highest BCUT2D eigenvalue weighted by Gasteiger charge is 1.99. The first-order valence-electron chi connectivity index (χ1n) is 5.96. The lowest BCUT2D eigenvalue weighted by Crippen LogP contribution is -2.21. The maximum absolute atomic E-state index is 10.3. The van der Waals surface area contributed by atoms with Crippen LogP contribution >= 0.6 is 0 Å². The molecule has 10 nitrogen and oxygen atoms in total. The Kier molecular flexibility index (Phi) is 16.1. The molecule has 0 aromatic heterocycles. The van der Waals surface area contributed by atoms with Gasteiger partial charge in [0.25, 0.3) is 0 Å². The van der Waals surface area contributed by atoms with Crippen molar-refractivity contribution in [3.05, 3.63) is 0 Å². The third kappa shape index (κ3) is 36.0. The zero-order valence-electron chi connectivity index (χ0n) is 12.8. The summed E-state index contributed by atoms with van der Waals surface area (Å²) in [7, 11) is 1.51. The van der Waals surface area contributed by atoms with Crippen molar-refractivity contribution in [1.82, 2.24) is 5.32 Å². The van der Waals surface area contributed by atoms with E-state index in [-0.39, 0.29) is 36.7 Å². The van der Waals surface area contributed by atoms with Crippen molar-refractivity contribution in [3.8, 4) is 0 Å². The highest BCUT2D eigenvalue weighted by atomic mass is 16.2. The fourth-order valence-corrected chi connectivity index (χ4v) is 0.732. The molecule has 0 aliphatic rings. The maximum Gasteiger partial charge on any atom is 0.227 e. The first kappa shape index (κ1) is 24.3. The van der Waals surface area contributed by atoms with E-state index in [1.165, 1.54) is 20.9 Å². The topological polar surface area (TPSA) is 193 Å². The quantitative estimate of drug-likeness (QED) is 0.391. The van der Waals surface area contributed by atoms with Crippen LogP contribution in [0.15, 0.2) is 0 Å². The SMILES string of the molecule is CC(=O)CC(N)=O.CNC(=O)CC(C)=O.NC(=O)CC(N)=O. The van der Waals surface area contributed by atoms with Gasteiger partial charge < -0.3 is 22.5 Å². The summed E-state index contributed by atoms with van der Waals surface area (Å²) in [6, 6.07) is 0. The summed E-state index contributed by atoms with van der Waals surface area (Å²) in [5.41, 5.74) is 13.7. The van der Waals surface area contributed by atoms with E-state index < -0.39 is 17.7 Å². The molecule has 0 aliphatic heterocycles. The third-order valence-corrected chi connectivity index (χ3v) is 1.46. The average Bonchev–Trinajstić information content (AvgIpc) is 2.25. The predicted octanol–water partition coefficient (Wildman–Crippen LogP) is -2.49. The number of nitrogens with two attached hydrogens (primary N) is 3. The number of primary amides is 3. The van der Waals surface area contributed by atoms with Crippen LogP contribution in [0.25, 0.3) is 0 Å². The van der Waals surface area contributed by atoms with Gasteiger partial charge in [0.05, 0.1) is 12.8 Å². The number of rotatable bonds is 6. The highest BCUT2D eigenvalue weighted by molar-refractivity contribution is 5.96. The summed E-state index contributed by atoms with van der Waals surface area (Å²) in [4.78, 5) is 59.7. The molecule has 10 heteroatoms. The lowest BCUT2D eigenvalue weighted by atomic mass is 10.3. The molecule has 0 radical (unpaired) electrons. The van der Waals surface area contributed by atoms with Gasteiger partial charge in [0.1, 0.15) is 18.0 Å². The third-order valence-electron chi connectivity index (χ3n) is 1.46. The molecule has 0 aromatic rings. The largest absolute Gasteiger partial charge is 0.369 e. The van der Waals surface area contributed by atoms with Crippen LogP contribution in [-0.2, 0) is 28.8 Å². The lowest BCUT2D eigenvalue weighted by molar-refractivity contribution is -0.128. The molecule has 0 aromatic carbocycles. The number of hydrogen-bond acceptors (Lipinski definition) is 6. The smallest absolute Gasteiger partial charge is 0.227 e. The van der Waals surface area contributed by atoms with E-state index in [0.29, 0.717) is 0 Å². The molecule has 0 fully saturated rings. The zero-order valence-corrected chi connectivity index (χ0v) is 12.8. The van der Waals surface area contributed by atoms with Crippen LogP contribution in [0.3, 0.4) is 0 Å². The monoisotopic (exact) mass is 318 g/mol. The van der Waals surface area contributed by atoms with Gasteiger partial charge in [-0.15, -0.1) is 0 Å². The van der Waals surface area contributed by atoms with Crippen LogP contribution in [0.1, 0.15) is 33.1 Å². The van der Waals surface area contributed by atoms with Crippen LogP contribution in [-0.4, -0.2) is 42.2 Å². The Bertz CT molecular complexity index is 383. The summed E-state index contributed by atoms with van der Waals surface area (Å²) in [6.45, 7) is 2.71. The van der Waals surface area contributed by atoms with Crippen LogP contribution in [0.4, 0.5) is 0 Å². The second-order valence-electron chi connectivity index (χ2n) is 4.01. The van der Waals surface area contributed by atoms with E-state index in [1.54, 1.807) is 0 Å². The standard InChI is InChI=1S/C5H9NO2.C4H7NO2.C3H6N2O2/c1-4(7)3-5(8)6-2;1-3(6)2-4(5)7;4-2(6)1-3(5)7/h3H2,1-2H3,(H,6,8);2H2,1H3,(H2,5,7);1H2,(H2,4,6)(H2,5,7). The van der Waals surface area contributed by atoms with Crippen LogP contribution in [0.2, 0.25) is 0 Å². The van der Waals surface area contributed by atoms with Gasteiger partial charge in [0.2, 0.25) is 23.6 Å². The minimum atomic E-state index is -0.687. The molecule has 0 bridgehead atoms. The zero-order chi connectivity index (χ0) is 18.3. The van der Waals surface area contributed by atoms with Gasteiger partial charge >= 0.3 is 0 Å². The van der Waals surface area contributed by atoms with Crippen molar-refractivity contribution in [2.75, 3.05) is 7.05 Å². The van der Waals surface area contributed by atoms with Crippen LogP contribution in [0, 0.1) is 0 Å². The van der Waals surface area contributed by atoms with Crippen molar-refractivity contribution in [2.45, 2.75) is 33.1 Å². The molecule has 7 N–H and O–H groups in total. The molecule has 0 spiro atoms. The molecule has 0 saturated carbocycles. The van der Waals surface area contributed by atoms with E-state index >= 15 is 0 Å². The van der Waals surface area contributed by atoms with Gasteiger partial charge in [0, 0.05) is 7.05 Å². The number of amides is 4. The Morgan fingerprint density at radius 3 is 1.05 bits per heavy atom. The molecule has 126 valence electrons. The van der Waals surface area contributed by atoms with Crippen molar-refractivity contribution in [2.24, 2.45) is 17.2 Å². The molecule has 0 heterocycles. The second kappa shape index (κ2) is 14.6. The molecule has 22 heavy (non-hydrogen) atoms. The number of nitrogens with one attached hydrogen (secondary N) is 1. The van der Waals surface area contributed by atoms with Gasteiger partial charge in [-0.3, -0.25) is 28.8 Å². The first-order valence-corrected chi connectivity index (χ1v) is 5.96. The number of Topliss-reactive ketones (excluding diaryl/α,β-unsaturated/α-hetero) is 2. The fraction of sp³-hybridized carbons (Fsp3) is 0.500. The number of hydrogen-bond donors (Lipinski definition) is 4. The summed E-state index contributed by atoms with van der Waals surface area (Å²) >= 11 is 0. The molecule has 0 unspecified atom stereocenters. The Labute approximate surface area is 127 Å². The van der Waals surface area contributed by atoms with Crippen LogP contribution in [0.5, 0.6) is 0 Å². The van der Waals surface area contributed by atoms with E-state index in [1.807, 2.05) is 0 Å². The molecular weight excluding hydrogens is 296 g/mol. The van der Waals surface area contributed by atoms with Crippen molar-refractivity contribution in [3.63, 3.8) is 0 Å². The van der Waals surface area contributed by atoms with Gasteiger partial charge in [-0.25, -0.2) is 0 Å². The Morgan fingerprint density at radius 1 is 0.682 bits per heavy atom. The summed E-state index contributed by atoms with van der Waals surface area (Å²) in [6.07, 6.45) is -0.503. The van der Waals surface area contributed by atoms with Crippen molar-refractivity contribution in [1.29, 1.82) is 0 Å². The molecule has 4 amide bonds. The maximum atomic E-state index is 10.3. The minimum Gasteiger partial charge on any atom is -0.369 e. The van der Waals surface area contributed by atoms with Crippen LogP contribution < -0.4 is 22.5 Å². The number of carbonyl (C=O) groups is 6. The predicted molar refractivity (Wildman–Crippen MR) is 76.9 cm³/mol. The van der Waals surface area contributed by atoms with Gasteiger partial charge in [-0.2, -0.15) is 0 Å². The average molecular weight is 318 g/mol.